The lowest BCUT2D eigenvalue weighted by Gasteiger charge is -2.31. The fourth-order valence-corrected chi connectivity index (χ4v) is 1.68. The van der Waals surface area contributed by atoms with Crippen LogP contribution in [-0.2, 0) is 0 Å². The number of hydrogen-bond donors (Lipinski definition) is 2. The van der Waals surface area contributed by atoms with E-state index in [1.165, 1.54) is 0 Å². The van der Waals surface area contributed by atoms with E-state index >= 15 is 0 Å². The Bertz CT molecular complexity index is 149. The molecule has 0 saturated heterocycles. The number of hydrogen-bond acceptors (Lipinski definition) is 2. The van der Waals surface area contributed by atoms with E-state index in [0.717, 1.165) is 12.8 Å². The molecule has 86 valence electrons. The third-order valence-electron chi connectivity index (χ3n) is 2.60. The predicted octanol–water partition coefficient (Wildman–Crippen LogP) is 2.56. The van der Waals surface area contributed by atoms with E-state index in [2.05, 4.69) is 33.0 Å². The lowest BCUT2D eigenvalue weighted by atomic mass is 9.89. The van der Waals surface area contributed by atoms with Crippen LogP contribution in [0.4, 0.5) is 0 Å². The smallest absolute Gasteiger partial charge is 0.0606 e. The molecular weight excluding hydrogens is 174 g/mol. The lowest BCUT2D eigenvalue weighted by Crippen LogP contribution is -2.43. The summed E-state index contributed by atoms with van der Waals surface area (Å²) in [6.07, 6.45) is 1.97. The van der Waals surface area contributed by atoms with Gasteiger partial charge in [-0.3, -0.25) is 0 Å². The van der Waals surface area contributed by atoms with Crippen LogP contribution < -0.4 is 5.32 Å². The van der Waals surface area contributed by atoms with Crippen molar-refractivity contribution in [2.45, 2.75) is 72.1 Å². The summed E-state index contributed by atoms with van der Waals surface area (Å²) in [4.78, 5) is 0. The van der Waals surface area contributed by atoms with Crippen molar-refractivity contribution in [3.05, 3.63) is 0 Å². The van der Waals surface area contributed by atoms with Gasteiger partial charge in [-0.25, -0.2) is 0 Å². The van der Waals surface area contributed by atoms with Gasteiger partial charge >= 0.3 is 0 Å². The molecule has 2 nitrogen and oxygen atoms in total. The van der Waals surface area contributed by atoms with Gasteiger partial charge in [-0.1, -0.05) is 34.1 Å². The minimum atomic E-state index is -0.573. The molecule has 0 radical (unpaired) electrons. The molecule has 0 aliphatic carbocycles. The molecule has 2 atom stereocenters. The summed E-state index contributed by atoms with van der Waals surface area (Å²) < 4.78 is 0. The van der Waals surface area contributed by atoms with E-state index in [4.69, 9.17) is 0 Å². The predicted molar refractivity (Wildman–Crippen MR) is 62.4 cm³/mol. The Labute approximate surface area is 89.1 Å². The summed E-state index contributed by atoms with van der Waals surface area (Å²) in [5.41, 5.74) is -0.573. The molecule has 0 aliphatic heterocycles. The van der Waals surface area contributed by atoms with Crippen molar-refractivity contribution < 1.29 is 5.11 Å². The maximum atomic E-state index is 9.81. The number of rotatable bonds is 6. The second kappa shape index (κ2) is 5.72. The Hall–Kier alpha value is -0.0800. The second-order valence-corrected chi connectivity index (χ2v) is 5.33. The van der Waals surface area contributed by atoms with E-state index in [9.17, 15) is 5.11 Å². The fraction of sp³-hybridized carbons (Fsp3) is 1.00. The molecular formula is C12H27NO. The van der Waals surface area contributed by atoms with Crippen LogP contribution in [0, 0.1) is 5.92 Å². The summed E-state index contributed by atoms with van der Waals surface area (Å²) in [6, 6.07) is 0.899. The Balaban J connectivity index is 4.25. The Morgan fingerprint density at radius 2 is 1.71 bits per heavy atom. The molecule has 2 heteroatoms. The quantitative estimate of drug-likeness (QED) is 0.692. The Morgan fingerprint density at radius 1 is 1.21 bits per heavy atom. The first-order chi connectivity index (χ1) is 6.26. The summed E-state index contributed by atoms with van der Waals surface area (Å²) in [7, 11) is 0. The highest BCUT2D eigenvalue weighted by Crippen LogP contribution is 2.19. The van der Waals surface area contributed by atoms with Gasteiger partial charge in [0.05, 0.1) is 5.60 Å². The summed E-state index contributed by atoms with van der Waals surface area (Å²) in [6.45, 7) is 12.5. The van der Waals surface area contributed by atoms with Crippen molar-refractivity contribution in [2.24, 2.45) is 5.92 Å². The first kappa shape index (κ1) is 13.9. The van der Waals surface area contributed by atoms with Gasteiger partial charge in [0.1, 0.15) is 0 Å². The highest BCUT2D eigenvalue weighted by Gasteiger charge is 2.24. The van der Waals surface area contributed by atoms with Gasteiger partial charge in [0, 0.05) is 12.1 Å². The van der Waals surface area contributed by atoms with Crippen LogP contribution in [0.2, 0.25) is 0 Å². The van der Waals surface area contributed by atoms with E-state index in [1.807, 2.05) is 13.8 Å². The van der Waals surface area contributed by atoms with Gasteiger partial charge in [0.15, 0.2) is 0 Å². The maximum absolute atomic E-state index is 9.81. The molecule has 0 rings (SSSR count). The van der Waals surface area contributed by atoms with Gasteiger partial charge in [-0.15, -0.1) is 0 Å². The van der Waals surface area contributed by atoms with E-state index < -0.39 is 5.60 Å². The van der Waals surface area contributed by atoms with E-state index in [0.29, 0.717) is 18.0 Å². The normalized spacial score (nSPS) is 17.1. The monoisotopic (exact) mass is 201 g/mol. The molecule has 0 saturated carbocycles. The molecule has 0 aromatic rings. The molecule has 0 fully saturated rings. The molecule has 0 spiro atoms. The van der Waals surface area contributed by atoms with Crippen LogP contribution in [0.25, 0.3) is 0 Å². The minimum Gasteiger partial charge on any atom is -0.390 e. The average molecular weight is 201 g/mol. The zero-order valence-corrected chi connectivity index (χ0v) is 10.6. The third kappa shape index (κ3) is 6.39. The van der Waals surface area contributed by atoms with Crippen molar-refractivity contribution in [1.82, 2.24) is 5.32 Å². The first-order valence-electron chi connectivity index (χ1n) is 5.74. The van der Waals surface area contributed by atoms with Crippen molar-refractivity contribution in [3.63, 3.8) is 0 Å². The number of aliphatic hydroxyl groups is 1. The zero-order valence-electron chi connectivity index (χ0n) is 10.6. The zero-order chi connectivity index (χ0) is 11.4. The van der Waals surface area contributed by atoms with E-state index in [1.54, 1.807) is 0 Å². The largest absolute Gasteiger partial charge is 0.390 e. The topological polar surface area (TPSA) is 32.3 Å². The Morgan fingerprint density at radius 3 is 2.00 bits per heavy atom. The van der Waals surface area contributed by atoms with Crippen molar-refractivity contribution >= 4 is 0 Å². The van der Waals surface area contributed by atoms with Gasteiger partial charge in [0.2, 0.25) is 0 Å². The van der Waals surface area contributed by atoms with Crippen LogP contribution in [0.3, 0.4) is 0 Å². The van der Waals surface area contributed by atoms with E-state index in [-0.39, 0.29) is 0 Å². The van der Waals surface area contributed by atoms with Crippen molar-refractivity contribution in [1.29, 1.82) is 0 Å². The summed E-state index contributed by atoms with van der Waals surface area (Å²) >= 11 is 0. The second-order valence-electron chi connectivity index (χ2n) is 5.33. The molecule has 14 heavy (non-hydrogen) atoms. The maximum Gasteiger partial charge on any atom is 0.0606 e. The van der Waals surface area contributed by atoms with Crippen LogP contribution in [0.1, 0.15) is 54.4 Å². The highest BCUT2D eigenvalue weighted by atomic mass is 16.3. The number of nitrogens with one attached hydrogen (secondary N) is 1. The summed E-state index contributed by atoms with van der Waals surface area (Å²) in [5.74, 6) is 0.615. The van der Waals surface area contributed by atoms with Crippen LogP contribution in [0.5, 0.6) is 0 Å². The van der Waals surface area contributed by atoms with Crippen LogP contribution >= 0.6 is 0 Å². The highest BCUT2D eigenvalue weighted by molar-refractivity contribution is 4.81. The SMILES string of the molecule is CCC(C)C(CC(C)(C)O)NC(C)C. The van der Waals surface area contributed by atoms with Crippen LogP contribution in [-0.4, -0.2) is 22.8 Å². The molecule has 0 heterocycles. The molecule has 0 amide bonds. The molecule has 2 unspecified atom stereocenters. The van der Waals surface area contributed by atoms with Gasteiger partial charge in [-0.05, 0) is 26.2 Å². The lowest BCUT2D eigenvalue weighted by molar-refractivity contribution is 0.0499. The molecule has 2 N–H and O–H groups in total. The van der Waals surface area contributed by atoms with Gasteiger partial charge < -0.3 is 10.4 Å². The fourth-order valence-electron chi connectivity index (χ4n) is 1.68. The average Bonchev–Trinajstić information content (AvgIpc) is 1.98. The molecule has 0 aromatic carbocycles. The van der Waals surface area contributed by atoms with Crippen molar-refractivity contribution in [3.8, 4) is 0 Å². The molecule has 0 bridgehead atoms. The minimum absolute atomic E-state index is 0.417. The van der Waals surface area contributed by atoms with Crippen molar-refractivity contribution in [2.75, 3.05) is 0 Å². The third-order valence-corrected chi connectivity index (χ3v) is 2.60. The Kier molecular flexibility index (Phi) is 5.68. The van der Waals surface area contributed by atoms with Crippen LogP contribution in [0.15, 0.2) is 0 Å². The van der Waals surface area contributed by atoms with Gasteiger partial charge in [0.25, 0.3) is 0 Å². The molecule has 0 aromatic heterocycles. The summed E-state index contributed by atoms with van der Waals surface area (Å²) in [5, 5.41) is 13.3. The first-order valence-corrected chi connectivity index (χ1v) is 5.74. The van der Waals surface area contributed by atoms with Gasteiger partial charge in [-0.2, -0.15) is 0 Å². The molecule has 0 aliphatic rings. The standard InChI is InChI=1S/C12H27NO/c1-7-10(4)11(13-9(2)3)8-12(5,6)14/h9-11,13-14H,7-8H2,1-6H3.